The molecule has 8 nitrogen and oxygen atoms in total. The Morgan fingerprint density at radius 2 is 1.30 bits per heavy atom. The second-order valence-corrected chi connectivity index (χ2v) is 12.3. The van der Waals surface area contributed by atoms with Crippen LogP contribution in [0.5, 0.6) is 5.88 Å². The van der Waals surface area contributed by atoms with E-state index in [1.165, 1.54) is 6.07 Å². The lowest BCUT2D eigenvalue weighted by Gasteiger charge is -2.34. The predicted octanol–water partition coefficient (Wildman–Crippen LogP) is 6.35. The van der Waals surface area contributed by atoms with Crippen molar-refractivity contribution in [3.8, 4) is 5.88 Å². The number of hydrogen-bond acceptors (Lipinski definition) is 7. The van der Waals surface area contributed by atoms with Gasteiger partial charge in [-0.05, 0) is 99.9 Å². The molecule has 0 bridgehead atoms. The molecule has 2 atom stereocenters. The Morgan fingerprint density at radius 1 is 0.791 bits per heavy atom. The van der Waals surface area contributed by atoms with Gasteiger partial charge in [0.1, 0.15) is 10.3 Å². The SMILES string of the molecule is COc1cc(C2(C)CCc3nc(Cl)cc(C)c3C2=O)ccn1.Cc1cc(Cl)nc2c1C(=O)C(C)(c1cc[nH]c(=O)c1)CC2. The maximum absolute atomic E-state index is 13.1. The van der Waals surface area contributed by atoms with Crippen molar-refractivity contribution < 1.29 is 14.3 Å². The first kappa shape index (κ1) is 30.6. The van der Waals surface area contributed by atoms with Crippen LogP contribution in [0.15, 0.2) is 53.6 Å². The molecule has 0 radical (unpaired) electrons. The highest BCUT2D eigenvalue weighted by Crippen LogP contribution is 2.40. The molecule has 222 valence electrons. The van der Waals surface area contributed by atoms with Crippen LogP contribution < -0.4 is 10.3 Å². The van der Waals surface area contributed by atoms with Crippen molar-refractivity contribution in [3.05, 3.63) is 114 Å². The standard InChI is InChI=1S/C17H17ClN2O2.C16H15ClN2O2/c1-10-8-13(18)20-12-4-6-17(2,16(21)15(10)12)11-5-7-19-14(9-11)22-3;1-9-7-12(17)19-11-3-5-16(2,15(21)14(9)11)10-4-6-18-13(20)8-10/h5,7-9H,4,6H2,1-3H3;4,6-8H,3,5H2,1-2H3,(H,18,20). The van der Waals surface area contributed by atoms with Crippen molar-refractivity contribution in [1.29, 1.82) is 0 Å². The number of carbonyl (C=O) groups is 2. The number of carbonyl (C=O) groups excluding carboxylic acids is 2. The first-order valence-electron chi connectivity index (χ1n) is 14.0. The second kappa shape index (κ2) is 11.7. The van der Waals surface area contributed by atoms with Crippen LogP contribution >= 0.6 is 23.2 Å². The quantitative estimate of drug-likeness (QED) is 0.266. The normalized spacial score (nSPS) is 20.9. The minimum absolute atomic E-state index is 0.0102. The highest BCUT2D eigenvalue weighted by atomic mass is 35.5. The van der Waals surface area contributed by atoms with Gasteiger partial charge in [-0.1, -0.05) is 23.2 Å². The minimum Gasteiger partial charge on any atom is -0.481 e. The number of aryl methyl sites for hydroxylation is 4. The van der Waals surface area contributed by atoms with Gasteiger partial charge in [0.15, 0.2) is 11.6 Å². The van der Waals surface area contributed by atoms with Crippen LogP contribution in [0.1, 0.15) is 81.0 Å². The summed E-state index contributed by atoms with van der Waals surface area (Å²) in [6, 6.07) is 10.5. The minimum atomic E-state index is -0.693. The molecule has 10 heteroatoms. The van der Waals surface area contributed by atoms with E-state index in [1.807, 2.05) is 39.8 Å². The summed E-state index contributed by atoms with van der Waals surface area (Å²) in [5, 5.41) is 0.858. The van der Waals surface area contributed by atoms with Crippen LogP contribution in [0.3, 0.4) is 0 Å². The zero-order chi connectivity index (χ0) is 31.1. The molecule has 6 rings (SSSR count). The molecular weight excluding hydrogens is 587 g/mol. The summed E-state index contributed by atoms with van der Waals surface area (Å²) in [5.41, 5.74) is 4.81. The lowest BCUT2D eigenvalue weighted by Crippen LogP contribution is -2.39. The number of Topliss-reactive ketones (excluding diaryl/α,β-unsaturated/α-hetero) is 2. The van der Waals surface area contributed by atoms with Gasteiger partial charge in [-0.3, -0.25) is 14.4 Å². The first-order chi connectivity index (χ1) is 20.4. The average Bonchev–Trinajstić information content (AvgIpc) is 2.97. The Morgan fingerprint density at radius 3 is 1.79 bits per heavy atom. The van der Waals surface area contributed by atoms with Gasteiger partial charge < -0.3 is 9.72 Å². The van der Waals surface area contributed by atoms with Gasteiger partial charge in [0, 0.05) is 35.7 Å². The van der Waals surface area contributed by atoms with E-state index < -0.39 is 10.8 Å². The van der Waals surface area contributed by atoms with E-state index in [0.29, 0.717) is 46.6 Å². The van der Waals surface area contributed by atoms with Crippen LogP contribution in [-0.2, 0) is 23.7 Å². The number of nitrogens with one attached hydrogen (secondary N) is 1. The smallest absolute Gasteiger partial charge is 0.248 e. The summed E-state index contributed by atoms with van der Waals surface area (Å²) >= 11 is 12.0. The van der Waals surface area contributed by atoms with Gasteiger partial charge in [-0.15, -0.1) is 0 Å². The lowest BCUT2D eigenvalue weighted by molar-refractivity contribution is 0.0866. The van der Waals surface area contributed by atoms with Crippen molar-refractivity contribution in [1.82, 2.24) is 19.9 Å². The molecule has 0 saturated heterocycles. The van der Waals surface area contributed by atoms with E-state index >= 15 is 0 Å². The Labute approximate surface area is 259 Å². The number of hydrogen-bond donors (Lipinski definition) is 1. The zero-order valence-corrected chi connectivity index (χ0v) is 26.2. The molecule has 2 aliphatic rings. The van der Waals surface area contributed by atoms with Gasteiger partial charge in [0.05, 0.1) is 29.3 Å². The number of methoxy groups -OCH3 is 1. The summed E-state index contributed by atoms with van der Waals surface area (Å²) in [5.74, 6) is 0.614. The number of ketones is 2. The third-order valence-electron chi connectivity index (χ3n) is 8.69. The number of halogens is 2. The molecule has 0 fully saturated rings. The van der Waals surface area contributed by atoms with E-state index in [4.69, 9.17) is 27.9 Å². The predicted molar refractivity (Wildman–Crippen MR) is 166 cm³/mol. The third kappa shape index (κ3) is 5.61. The molecule has 2 aliphatic carbocycles. The average molecular weight is 620 g/mol. The second-order valence-electron chi connectivity index (χ2n) is 11.5. The fourth-order valence-corrected chi connectivity index (χ4v) is 6.62. The van der Waals surface area contributed by atoms with Crippen LogP contribution in [0.25, 0.3) is 0 Å². The molecule has 0 saturated carbocycles. The lowest BCUT2D eigenvalue weighted by atomic mass is 9.68. The molecular formula is C33H32Cl2N4O4. The third-order valence-corrected chi connectivity index (χ3v) is 9.08. The fourth-order valence-electron chi connectivity index (χ4n) is 6.09. The maximum Gasteiger partial charge on any atom is 0.248 e. The summed E-state index contributed by atoms with van der Waals surface area (Å²) in [6.07, 6.45) is 5.97. The maximum atomic E-state index is 13.1. The fraction of sp³-hybridized carbons (Fsp3) is 0.333. The number of pyridine rings is 4. The number of ether oxygens (including phenoxy) is 1. The molecule has 0 spiro atoms. The van der Waals surface area contributed by atoms with Crippen LogP contribution in [-0.4, -0.2) is 38.6 Å². The van der Waals surface area contributed by atoms with E-state index in [9.17, 15) is 14.4 Å². The number of fused-ring (bicyclic) bond motifs is 2. The molecule has 1 N–H and O–H groups in total. The molecule has 0 amide bonds. The Bertz CT molecular complexity index is 1820. The topological polar surface area (TPSA) is 115 Å². The van der Waals surface area contributed by atoms with Crippen molar-refractivity contribution in [3.63, 3.8) is 0 Å². The van der Waals surface area contributed by atoms with E-state index in [0.717, 1.165) is 40.1 Å². The highest BCUT2D eigenvalue weighted by Gasteiger charge is 2.42. The molecule has 4 aromatic rings. The molecule has 43 heavy (non-hydrogen) atoms. The number of H-pyrrole nitrogens is 1. The van der Waals surface area contributed by atoms with E-state index in [1.54, 1.807) is 37.7 Å². The van der Waals surface area contributed by atoms with Crippen molar-refractivity contribution in [2.45, 2.75) is 64.2 Å². The van der Waals surface area contributed by atoms with Gasteiger partial charge in [-0.25, -0.2) is 15.0 Å². The van der Waals surface area contributed by atoms with Crippen molar-refractivity contribution in [2.75, 3.05) is 7.11 Å². The zero-order valence-electron chi connectivity index (χ0n) is 24.7. The monoisotopic (exact) mass is 618 g/mol. The first-order valence-corrected chi connectivity index (χ1v) is 14.7. The number of aromatic amines is 1. The Balaban J connectivity index is 0.000000171. The van der Waals surface area contributed by atoms with Gasteiger partial charge in [0.2, 0.25) is 11.4 Å². The summed E-state index contributed by atoms with van der Waals surface area (Å²) in [7, 11) is 1.57. The summed E-state index contributed by atoms with van der Waals surface area (Å²) < 4.78 is 5.18. The van der Waals surface area contributed by atoms with Crippen molar-refractivity contribution in [2.24, 2.45) is 0 Å². The Hall–Kier alpha value is -3.88. The van der Waals surface area contributed by atoms with Crippen LogP contribution in [0.2, 0.25) is 10.3 Å². The number of aromatic nitrogens is 4. The summed E-state index contributed by atoms with van der Waals surface area (Å²) in [4.78, 5) is 53.0. The number of nitrogens with zero attached hydrogens (tertiary/aromatic N) is 3. The van der Waals surface area contributed by atoms with Gasteiger partial charge >= 0.3 is 0 Å². The molecule has 0 aliphatic heterocycles. The molecule has 4 heterocycles. The molecule has 2 unspecified atom stereocenters. The number of rotatable bonds is 3. The van der Waals surface area contributed by atoms with Gasteiger partial charge in [0.25, 0.3) is 0 Å². The Kier molecular flexibility index (Phi) is 8.29. The summed E-state index contributed by atoms with van der Waals surface area (Å²) in [6.45, 7) is 7.64. The van der Waals surface area contributed by atoms with Crippen LogP contribution in [0.4, 0.5) is 0 Å². The van der Waals surface area contributed by atoms with Crippen molar-refractivity contribution >= 4 is 34.8 Å². The van der Waals surface area contributed by atoms with Crippen LogP contribution in [0, 0.1) is 13.8 Å². The highest BCUT2D eigenvalue weighted by molar-refractivity contribution is 6.30. The largest absolute Gasteiger partial charge is 0.481 e. The van der Waals surface area contributed by atoms with Gasteiger partial charge in [-0.2, -0.15) is 0 Å². The molecule has 0 aromatic carbocycles. The van der Waals surface area contributed by atoms with E-state index in [-0.39, 0.29) is 17.1 Å². The van der Waals surface area contributed by atoms with E-state index in [2.05, 4.69) is 19.9 Å². The molecule has 4 aromatic heterocycles.